The van der Waals surface area contributed by atoms with Gasteiger partial charge in [0.15, 0.2) is 10.8 Å². The Kier molecular flexibility index (Phi) is 6.86. The van der Waals surface area contributed by atoms with E-state index in [4.69, 9.17) is 4.98 Å². The number of hydrogen-bond donors (Lipinski definition) is 1. The number of imidazole rings is 1. The maximum absolute atomic E-state index is 14.1. The van der Waals surface area contributed by atoms with Crippen LogP contribution in [0.2, 0.25) is 0 Å². The average molecular weight is 483 g/mol. The van der Waals surface area contributed by atoms with Crippen molar-refractivity contribution in [3.05, 3.63) is 125 Å². The van der Waals surface area contributed by atoms with E-state index in [1.165, 1.54) is 17.8 Å². The second kappa shape index (κ2) is 10.5. The maximum atomic E-state index is 14.1. The van der Waals surface area contributed by atoms with Crippen molar-refractivity contribution in [1.82, 2.24) is 19.9 Å². The molecule has 0 unspecified atom stereocenters. The number of amides is 1. The molecule has 2 aromatic heterocycles. The number of carbonyl (C=O) groups is 1. The molecule has 0 aliphatic heterocycles. The van der Waals surface area contributed by atoms with Crippen LogP contribution < -0.4 is 5.32 Å². The molecule has 5 rings (SSSR count). The Morgan fingerprint density at radius 3 is 2.46 bits per heavy atom. The molecule has 2 heterocycles. The van der Waals surface area contributed by atoms with Gasteiger partial charge in [0.05, 0.1) is 6.54 Å². The minimum absolute atomic E-state index is 0.115. The topological polar surface area (TPSA) is 59.8 Å². The van der Waals surface area contributed by atoms with Crippen molar-refractivity contribution in [2.75, 3.05) is 0 Å². The Labute approximate surface area is 207 Å². The largest absolute Gasteiger partial charge is 0.348 e. The van der Waals surface area contributed by atoms with Crippen molar-refractivity contribution < 1.29 is 9.18 Å². The van der Waals surface area contributed by atoms with Crippen LogP contribution in [0, 0.1) is 5.82 Å². The molecule has 0 saturated heterocycles. The summed E-state index contributed by atoms with van der Waals surface area (Å²) in [7, 11) is 0. The van der Waals surface area contributed by atoms with Crippen LogP contribution in [-0.4, -0.2) is 20.4 Å². The van der Waals surface area contributed by atoms with Crippen molar-refractivity contribution in [2.24, 2.45) is 0 Å². The first kappa shape index (κ1) is 22.8. The van der Waals surface area contributed by atoms with Gasteiger partial charge in [-0.25, -0.2) is 14.4 Å². The SMILES string of the molecule is O=C(NCc1ccccc1)c1ccc(Cn2c(SCc3ccccc3F)nc3cccnc32)cc1. The van der Waals surface area contributed by atoms with Gasteiger partial charge in [-0.1, -0.05) is 72.4 Å². The molecule has 0 atom stereocenters. The van der Waals surface area contributed by atoms with Crippen molar-refractivity contribution >= 4 is 28.8 Å². The third-order valence-electron chi connectivity index (χ3n) is 5.64. The standard InChI is InChI=1S/C28H23FN4OS/c29-24-10-5-4-9-23(24)19-35-28-32-25-11-6-16-30-26(25)33(28)18-21-12-14-22(15-13-21)27(34)31-17-20-7-2-1-3-8-20/h1-16H,17-19H2,(H,31,34). The number of rotatable bonds is 8. The van der Waals surface area contributed by atoms with E-state index in [1.54, 1.807) is 18.3 Å². The third kappa shape index (κ3) is 5.41. The van der Waals surface area contributed by atoms with Crippen LogP contribution in [0.3, 0.4) is 0 Å². The molecule has 0 radical (unpaired) electrons. The second-order valence-electron chi connectivity index (χ2n) is 8.07. The number of carbonyl (C=O) groups excluding carboxylic acids is 1. The summed E-state index contributed by atoms with van der Waals surface area (Å²) in [5.74, 6) is 0.134. The lowest BCUT2D eigenvalue weighted by Crippen LogP contribution is -2.22. The minimum atomic E-state index is -0.220. The van der Waals surface area contributed by atoms with Crippen LogP contribution in [0.4, 0.5) is 4.39 Å². The molecule has 1 N–H and O–H groups in total. The summed E-state index contributed by atoms with van der Waals surface area (Å²) >= 11 is 1.48. The number of nitrogens with one attached hydrogen (secondary N) is 1. The number of pyridine rings is 1. The Hall–Kier alpha value is -3.97. The fraction of sp³-hybridized carbons (Fsp3) is 0.107. The van der Waals surface area contributed by atoms with Crippen LogP contribution in [0.15, 0.2) is 102 Å². The molecule has 0 fully saturated rings. The first-order valence-electron chi connectivity index (χ1n) is 11.3. The highest BCUT2D eigenvalue weighted by Gasteiger charge is 2.14. The van der Waals surface area contributed by atoms with Gasteiger partial charge in [0.1, 0.15) is 11.3 Å². The summed E-state index contributed by atoms with van der Waals surface area (Å²) in [5.41, 5.74) is 4.87. The van der Waals surface area contributed by atoms with E-state index in [2.05, 4.69) is 10.3 Å². The van der Waals surface area contributed by atoms with E-state index >= 15 is 0 Å². The van der Waals surface area contributed by atoms with E-state index in [-0.39, 0.29) is 11.7 Å². The molecular weight excluding hydrogens is 459 g/mol. The van der Waals surface area contributed by atoms with Crippen molar-refractivity contribution in [1.29, 1.82) is 0 Å². The number of halogens is 1. The summed E-state index contributed by atoms with van der Waals surface area (Å²) in [5, 5.41) is 3.72. The number of aromatic nitrogens is 3. The maximum Gasteiger partial charge on any atom is 0.251 e. The van der Waals surface area contributed by atoms with Crippen LogP contribution in [0.25, 0.3) is 11.2 Å². The lowest BCUT2D eigenvalue weighted by atomic mass is 10.1. The predicted molar refractivity (Wildman–Crippen MR) is 137 cm³/mol. The summed E-state index contributed by atoms with van der Waals surface area (Å²) < 4.78 is 16.1. The first-order chi connectivity index (χ1) is 17.2. The van der Waals surface area contributed by atoms with Crippen molar-refractivity contribution in [2.45, 2.75) is 24.0 Å². The normalized spacial score (nSPS) is 11.0. The highest BCUT2D eigenvalue weighted by atomic mass is 32.2. The Balaban J connectivity index is 1.32. The second-order valence-corrected chi connectivity index (χ2v) is 9.01. The number of hydrogen-bond acceptors (Lipinski definition) is 4. The number of thioether (sulfide) groups is 1. The predicted octanol–water partition coefficient (Wildman–Crippen LogP) is 5.84. The molecule has 3 aromatic carbocycles. The van der Waals surface area contributed by atoms with Gasteiger partial charge in [-0.2, -0.15) is 0 Å². The van der Waals surface area contributed by atoms with Gasteiger partial charge in [0, 0.05) is 24.1 Å². The molecule has 0 aliphatic carbocycles. The summed E-state index contributed by atoms with van der Waals surface area (Å²) in [4.78, 5) is 21.8. The number of fused-ring (bicyclic) bond motifs is 1. The molecule has 174 valence electrons. The van der Waals surface area contributed by atoms with Gasteiger partial charge in [-0.3, -0.25) is 9.36 Å². The molecule has 1 amide bonds. The summed E-state index contributed by atoms with van der Waals surface area (Å²) in [6.45, 7) is 1.02. The molecule has 0 bridgehead atoms. The van der Waals surface area contributed by atoms with Crippen LogP contribution in [-0.2, 0) is 18.8 Å². The highest BCUT2D eigenvalue weighted by molar-refractivity contribution is 7.98. The van der Waals surface area contributed by atoms with E-state index in [9.17, 15) is 9.18 Å². The van der Waals surface area contributed by atoms with Gasteiger partial charge in [0.25, 0.3) is 5.91 Å². The molecular formula is C28H23FN4OS. The smallest absolute Gasteiger partial charge is 0.251 e. The molecule has 7 heteroatoms. The molecule has 5 nitrogen and oxygen atoms in total. The molecule has 35 heavy (non-hydrogen) atoms. The van der Waals surface area contributed by atoms with E-state index < -0.39 is 0 Å². The minimum Gasteiger partial charge on any atom is -0.348 e. The monoisotopic (exact) mass is 482 g/mol. The fourth-order valence-electron chi connectivity index (χ4n) is 3.77. The van der Waals surface area contributed by atoms with Gasteiger partial charge >= 0.3 is 0 Å². The zero-order valence-electron chi connectivity index (χ0n) is 18.9. The number of nitrogens with zero attached hydrogens (tertiary/aromatic N) is 3. The Bertz CT molecular complexity index is 1450. The Morgan fingerprint density at radius 1 is 0.886 bits per heavy atom. The Morgan fingerprint density at radius 2 is 1.66 bits per heavy atom. The molecule has 0 aliphatic rings. The fourth-order valence-corrected chi connectivity index (χ4v) is 4.76. The van der Waals surface area contributed by atoms with E-state index in [1.807, 2.05) is 77.4 Å². The average Bonchev–Trinajstić information content (AvgIpc) is 3.25. The van der Waals surface area contributed by atoms with Crippen LogP contribution >= 0.6 is 11.8 Å². The zero-order valence-corrected chi connectivity index (χ0v) is 19.7. The molecule has 0 spiro atoms. The molecule has 0 saturated carbocycles. The third-order valence-corrected chi connectivity index (χ3v) is 6.66. The molecule has 5 aromatic rings. The summed E-state index contributed by atoms with van der Waals surface area (Å²) in [6, 6.07) is 27.9. The number of benzene rings is 3. The van der Waals surface area contributed by atoms with Gasteiger partial charge in [0.2, 0.25) is 0 Å². The first-order valence-corrected chi connectivity index (χ1v) is 12.2. The summed E-state index contributed by atoms with van der Waals surface area (Å²) in [6.07, 6.45) is 1.74. The van der Waals surface area contributed by atoms with Gasteiger partial charge in [-0.15, -0.1) is 0 Å². The van der Waals surface area contributed by atoms with Crippen LogP contribution in [0.5, 0.6) is 0 Å². The van der Waals surface area contributed by atoms with E-state index in [0.717, 1.165) is 27.4 Å². The van der Waals surface area contributed by atoms with Gasteiger partial charge < -0.3 is 5.32 Å². The lowest BCUT2D eigenvalue weighted by molar-refractivity contribution is 0.0951. The highest BCUT2D eigenvalue weighted by Crippen LogP contribution is 2.27. The zero-order chi connectivity index (χ0) is 24.0. The van der Waals surface area contributed by atoms with Crippen LogP contribution in [0.1, 0.15) is 27.0 Å². The van der Waals surface area contributed by atoms with E-state index in [0.29, 0.717) is 30.0 Å². The van der Waals surface area contributed by atoms with Gasteiger partial charge in [-0.05, 0) is 47.0 Å². The van der Waals surface area contributed by atoms with Crippen molar-refractivity contribution in [3.63, 3.8) is 0 Å². The van der Waals surface area contributed by atoms with Crippen molar-refractivity contribution in [3.8, 4) is 0 Å². The quantitative estimate of drug-likeness (QED) is 0.282. The lowest BCUT2D eigenvalue weighted by Gasteiger charge is -2.10.